The predicted molar refractivity (Wildman–Crippen MR) is 85.1 cm³/mol. The van der Waals surface area contributed by atoms with Crippen LogP contribution < -0.4 is 5.32 Å². The third kappa shape index (κ3) is 2.57. The second-order valence-corrected chi connectivity index (χ2v) is 6.18. The maximum absolute atomic E-state index is 11.8. The molecule has 2 aromatic rings. The Labute approximate surface area is 134 Å². The molecule has 0 saturated carbocycles. The van der Waals surface area contributed by atoms with E-state index < -0.39 is 0 Å². The van der Waals surface area contributed by atoms with E-state index in [2.05, 4.69) is 20.3 Å². The number of carbonyl (C=O) groups is 1. The number of para-hydroxylation sites is 1. The number of benzene rings is 1. The summed E-state index contributed by atoms with van der Waals surface area (Å²) in [4.78, 5) is 20.4. The molecule has 2 amide bonds. The number of piperidine rings is 1. The van der Waals surface area contributed by atoms with Gasteiger partial charge in [-0.2, -0.15) is 5.10 Å². The van der Waals surface area contributed by atoms with Crippen LogP contribution in [0.25, 0.3) is 5.69 Å². The number of carbonyl (C=O) groups excluding carboxylic acids is 1. The molecule has 0 spiro atoms. The van der Waals surface area contributed by atoms with Crippen LogP contribution in [0, 0.1) is 0 Å². The van der Waals surface area contributed by atoms with E-state index in [9.17, 15) is 4.79 Å². The van der Waals surface area contributed by atoms with Crippen molar-refractivity contribution in [1.29, 1.82) is 0 Å². The minimum absolute atomic E-state index is 0.0364. The molecule has 1 aromatic heterocycles. The highest BCUT2D eigenvalue weighted by Gasteiger charge is 2.40. The van der Waals surface area contributed by atoms with Gasteiger partial charge in [-0.05, 0) is 18.6 Å². The Balaban J connectivity index is 1.48. The molecule has 4 rings (SSSR count). The Morgan fingerprint density at radius 3 is 2.96 bits per heavy atom. The van der Waals surface area contributed by atoms with Crippen LogP contribution in [0.1, 0.15) is 12.2 Å². The molecule has 3 heterocycles. The third-order valence-corrected chi connectivity index (χ3v) is 4.77. The van der Waals surface area contributed by atoms with Gasteiger partial charge < -0.3 is 10.2 Å². The molecular weight excluding hydrogens is 292 g/mol. The van der Waals surface area contributed by atoms with Crippen molar-refractivity contribution >= 4 is 6.03 Å². The smallest absolute Gasteiger partial charge is 0.317 e. The van der Waals surface area contributed by atoms with Gasteiger partial charge >= 0.3 is 6.03 Å². The van der Waals surface area contributed by atoms with Crippen LogP contribution >= 0.6 is 0 Å². The van der Waals surface area contributed by atoms with Crippen molar-refractivity contribution in [2.75, 3.05) is 20.1 Å². The number of aromatic nitrogens is 3. The fourth-order valence-electron chi connectivity index (χ4n) is 3.53. The molecule has 2 aliphatic rings. The first-order chi connectivity index (χ1) is 11.2. The van der Waals surface area contributed by atoms with Gasteiger partial charge in [0.25, 0.3) is 0 Å². The first kappa shape index (κ1) is 14.2. The van der Waals surface area contributed by atoms with Gasteiger partial charge in [-0.1, -0.05) is 18.2 Å². The molecule has 0 aliphatic carbocycles. The van der Waals surface area contributed by atoms with Gasteiger partial charge in [-0.25, -0.2) is 14.5 Å². The summed E-state index contributed by atoms with van der Waals surface area (Å²) >= 11 is 0. The van der Waals surface area contributed by atoms with E-state index in [1.54, 1.807) is 6.33 Å². The molecule has 23 heavy (non-hydrogen) atoms. The largest absolute Gasteiger partial charge is 0.332 e. The molecule has 0 radical (unpaired) electrons. The Hall–Kier alpha value is -2.41. The van der Waals surface area contributed by atoms with Crippen LogP contribution in [0.4, 0.5) is 4.79 Å². The number of hydrogen-bond acceptors (Lipinski definition) is 4. The second-order valence-electron chi connectivity index (χ2n) is 6.18. The normalized spacial score (nSPS) is 24.6. The maximum atomic E-state index is 11.8. The lowest BCUT2D eigenvalue weighted by Gasteiger charge is -2.35. The number of likely N-dealkylation sites (tertiary alicyclic amines) is 1. The molecule has 2 aliphatic heterocycles. The number of hydrogen-bond donors (Lipinski definition) is 1. The van der Waals surface area contributed by atoms with E-state index in [1.165, 1.54) is 0 Å². The quantitative estimate of drug-likeness (QED) is 0.913. The first-order valence-corrected chi connectivity index (χ1v) is 7.92. The van der Waals surface area contributed by atoms with Gasteiger partial charge in [0.15, 0.2) is 0 Å². The summed E-state index contributed by atoms with van der Waals surface area (Å²) in [6.07, 6.45) is 2.58. The van der Waals surface area contributed by atoms with Gasteiger partial charge in [-0.3, -0.25) is 4.90 Å². The van der Waals surface area contributed by atoms with Crippen LogP contribution in [-0.2, 0) is 6.54 Å². The van der Waals surface area contributed by atoms with Crippen LogP contribution in [0.15, 0.2) is 36.7 Å². The molecule has 2 fully saturated rings. The van der Waals surface area contributed by atoms with Crippen molar-refractivity contribution in [3.05, 3.63) is 42.5 Å². The predicted octanol–water partition coefficient (Wildman–Crippen LogP) is 0.865. The molecule has 1 N–H and O–H groups in total. The SMILES string of the molecule is CN1C(=O)N[C@@H]2CN(Cc3ncnn3-c3ccccc3)CC[C@@H]21. The van der Waals surface area contributed by atoms with Gasteiger partial charge in [0.05, 0.1) is 24.3 Å². The monoisotopic (exact) mass is 312 g/mol. The van der Waals surface area contributed by atoms with Crippen LogP contribution in [0.2, 0.25) is 0 Å². The molecule has 2 saturated heterocycles. The van der Waals surface area contributed by atoms with Crippen molar-refractivity contribution < 1.29 is 4.79 Å². The zero-order valence-corrected chi connectivity index (χ0v) is 13.1. The number of amides is 2. The number of urea groups is 1. The highest BCUT2D eigenvalue weighted by molar-refractivity contribution is 5.77. The molecule has 2 atom stereocenters. The lowest BCUT2D eigenvalue weighted by Crippen LogP contribution is -2.50. The first-order valence-electron chi connectivity index (χ1n) is 7.92. The number of likely N-dealkylation sites (N-methyl/N-ethyl adjacent to an activating group) is 1. The summed E-state index contributed by atoms with van der Waals surface area (Å²) in [7, 11) is 1.88. The summed E-state index contributed by atoms with van der Waals surface area (Å²) in [5.74, 6) is 0.923. The molecule has 1 aromatic carbocycles. The fourth-order valence-corrected chi connectivity index (χ4v) is 3.53. The van der Waals surface area contributed by atoms with E-state index in [0.29, 0.717) is 6.04 Å². The van der Waals surface area contributed by atoms with E-state index in [0.717, 1.165) is 37.6 Å². The zero-order chi connectivity index (χ0) is 15.8. The molecule has 0 bridgehead atoms. The summed E-state index contributed by atoms with van der Waals surface area (Å²) in [5.41, 5.74) is 1.02. The van der Waals surface area contributed by atoms with Crippen molar-refractivity contribution in [2.45, 2.75) is 25.0 Å². The van der Waals surface area contributed by atoms with Crippen molar-refractivity contribution in [1.82, 2.24) is 29.9 Å². The highest BCUT2D eigenvalue weighted by atomic mass is 16.2. The van der Waals surface area contributed by atoms with Gasteiger partial charge in [0, 0.05) is 20.1 Å². The maximum Gasteiger partial charge on any atom is 0.317 e. The number of rotatable bonds is 3. The Kier molecular flexibility index (Phi) is 3.49. The summed E-state index contributed by atoms with van der Waals surface area (Å²) in [5, 5.41) is 7.41. The second kappa shape index (κ2) is 5.66. The minimum atomic E-state index is 0.0364. The molecule has 0 unspecified atom stereocenters. The van der Waals surface area contributed by atoms with Crippen LogP contribution in [0.3, 0.4) is 0 Å². The number of fused-ring (bicyclic) bond motifs is 1. The highest BCUT2D eigenvalue weighted by Crippen LogP contribution is 2.22. The lowest BCUT2D eigenvalue weighted by atomic mass is 10.0. The molecule has 7 nitrogen and oxygen atoms in total. The Morgan fingerprint density at radius 1 is 1.30 bits per heavy atom. The number of nitrogens with one attached hydrogen (secondary N) is 1. The van der Waals surface area contributed by atoms with Crippen LogP contribution in [-0.4, -0.2) is 62.8 Å². The average molecular weight is 312 g/mol. The van der Waals surface area contributed by atoms with E-state index in [4.69, 9.17) is 0 Å². The van der Waals surface area contributed by atoms with Gasteiger partial charge in [-0.15, -0.1) is 0 Å². The Morgan fingerprint density at radius 2 is 2.13 bits per heavy atom. The van der Waals surface area contributed by atoms with Gasteiger partial charge in [0.2, 0.25) is 0 Å². The Bertz CT molecular complexity index is 700. The summed E-state index contributed by atoms with van der Waals surface area (Å²) in [6, 6.07) is 10.6. The van der Waals surface area contributed by atoms with Gasteiger partial charge in [0.1, 0.15) is 12.2 Å². The fraction of sp³-hybridized carbons (Fsp3) is 0.438. The summed E-state index contributed by atoms with van der Waals surface area (Å²) < 4.78 is 1.88. The van der Waals surface area contributed by atoms with E-state index in [-0.39, 0.29) is 12.1 Å². The van der Waals surface area contributed by atoms with Crippen molar-refractivity contribution in [3.63, 3.8) is 0 Å². The third-order valence-electron chi connectivity index (χ3n) is 4.77. The number of nitrogens with zero attached hydrogens (tertiary/aromatic N) is 5. The summed E-state index contributed by atoms with van der Waals surface area (Å²) in [6.45, 7) is 2.54. The van der Waals surface area contributed by atoms with E-state index >= 15 is 0 Å². The zero-order valence-electron chi connectivity index (χ0n) is 13.1. The van der Waals surface area contributed by atoms with Crippen LogP contribution in [0.5, 0.6) is 0 Å². The minimum Gasteiger partial charge on any atom is -0.332 e. The topological polar surface area (TPSA) is 66.3 Å². The van der Waals surface area contributed by atoms with E-state index in [1.807, 2.05) is 47.0 Å². The van der Waals surface area contributed by atoms with Crippen molar-refractivity contribution in [3.8, 4) is 5.69 Å². The molecule has 7 heteroatoms. The van der Waals surface area contributed by atoms with Crippen molar-refractivity contribution in [2.24, 2.45) is 0 Å². The lowest BCUT2D eigenvalue weighted by molar-refractivity contribution is 0.144. The average Bonchev–Trinajstić information content (AvgIpc) is 3.13. The molecular formula is C16H20N6O. The molecule has 120 valence electrons. The standard InChI is InChI=1S/C16H20N6O/c1-20-14-7-8-21(9-13(14)19-16(20)23)10-15-17-11-18-22(15)12-5-3-2-4-6-12/h2-6,11,13-14H,7-10H2,1H3,(H,19,23)/t13-,14+/m1/s1.